The summed E-state index contributed by atoms with van der Waals surface area (Å²) in [6.45, 7) is 3.96. The van der Waals surface area contributed by atoms with E-state index in [1.807, 2.05) is 0 Å². The average Bonchev–Trinajstić information content (AvgIpc) is 2.48. The molecule has 0 saturated carbocycles. The molecule has 1 N–H and O–H groups in total. The second kappa shape index (κ2) is 5.16. The van der Waals surface area contributed by atoms with E-state index in [0.717, 1.165) is 0 Å². The minimum absolute atomic E-state index is 1.22. The van der Waals surface area contributed by atoms with Crippen LogP contribution in [0.2, 0.25) is 0 Å². The molecule has 0 unspecified atom stereocenters. The summed E-state index contributed by atoms with van der Waals surface area (Å²) in [4.78, 5) is 1.77. The van der Waals surface area contributed by atoms with E-state index in [1.54, 1.807) is 4.90 Å². The van der Waals surface area contributed by atoms with Crippen molar-refractivity contribution < 1.29 is 4.90 Å². The molecule has 1 nitrogen and oxygen atoms in total. The van der Waals surface area contributed by atoms with Crippen LogP contribution in [0.25, 0.3) is 0 Å². The standard InChI is InChI=1S/C13H19N/c1-2-7-11-14(10-6-1)12-13-8-4-3-5-9-13/h3-5,8-9H,1-2,6-7,10-12H2/p+1. The topological polar surface area (TPSA) is 4.44 Å². The summed E-state index contributed by atoms with van der Waals surface area (Å²) in [5.74, 6) is 0. The molecule has 0 radical (unpaired) electrons. The highest BCUT2D eigenvalue weighted by atomic mass is 15.1. The van der Waals surface area contributed by atoms with Crippen LogP contribution in [0.5, 0.6) is 0 Å². The van der Waals surface area contributed by atoms with E-state index in [-0.39, 0.29) is 0 Å². The molecule has 0 bridgehead atoms. The maximum Gasteiger partial charge on any atom is 0.103 e. The van der Waals surface area contributed by atoms with E-state index in [2.05, 4.69) is 30.3 Å². The van der Waals surface area contributed by atoms with Crippen molar-refractivity contribution in [3.05, 3.63) is 35.9 Å². The lowest BCUT2D eigenvalue weighted by atomic mass is 10.2. The first kappa shape index (κ1) is 9.72. The van der Waals surface area contributed by atoms with E-state index in [9.17, 15) is 0 Å². The van der Waals surface area contributed by atoms with Gasteiger partial charge in [-0.15, -0.1) is 0 Å². The number of hydrogen-bond donors (Lipinski definition) is 1. The quantitative estimate of drug-likeness (QED) is 0.723. The Morgan fingerprint density at radius 3 is 2.14 bits per heavy atom. The molecule has 1 saturated heterocycles. The number of rotatable bonds is 2. The lowest BCUT2D eigenvalue weighted by Gasteiger charge is -2.16. The highest BCUT2D eigenvalue weighted by Gasteiger charge is 2.11. The molecular weight excluding hydrogens is 170 g/mol. The second-order valence-electron chi connectivity index (χ2n) is 4.33. The van der Waals surface area contributed by atoms with Gasteiger partial charge in [0.2, 0.25) is 0 Å². The smallest absolute Gasteiger partial charge is 0.103 e. The predicted octanol–water partition coefficient (Wildman–Crippen LogP) is 1.65. The molecule has 1 fully saturated rings. The highest BCUT2D eigenvalue weighted by molar-refractivity contribution is 5.13. The number of benzene rings is 1. The Labute approximate surface area is 86.7 Å². The molecular formula is C13H20N+. The first-order chi connectivity index (χ1) is 6.95. The molecule has 1 aromatic carbocycles. The van der Waals surface area contributed by atoms with Crippen LogP contribution in [0.3, 0.4) is 0 Å². The van der Waals surface area contributed by atoms with Crippen LogP contribution < -0.4 is 4.90 Å². The van der Waals surface area contributed by atoms with Crippen molar-refractivity contribution in [3.8, 4) is 0 Å². The van der Waals surface area contributed by atoms with Gasteiger partial charge in [-0.3, -0.25) is 0 Å². The summed E-state index contributed by atoms with van der Waals surface area (Å²) in [6.07, 6.45) is 5.72. The maximum atomic E-state index is 2.25. The molecule has 0 aromatic heterocycles. The SMILES string of the molecule is c1ccc(C[NH+]2CCCCCC2)cc1. The monoisotopic (exact) mass is 190 g/mol. The van der Waals surface area contributed by atoms with E-state index < -0.39 is 0 Å². The molecule has 1 aliphatic rings. The fourth-order valence-corrected chi connectivity index (χ4v) is 2.29. The number of likely N-dealkylation sites (tertiary alicyclic amines) is 1. The Kier molecular flexibility index (Phi) is 3.58. The normalized spacial score (nSPS) is 19.1. The molecule has 1 aromatic rings. The largest absolute Gasteiger partial charge is 0.331 e. The third-order valence-electron chi connectivity index (χ3n) is 3.11. The zero-order valence-corrected chi connectivity index (χ0v) is 8.84. The van der Waals surface area contributed by atoms with Gasteiger partial charge in [-0.1, -0.05) is 30.3 Å². The minimum atomic E-state index is 1.22. The van der Waals surface area contributed by atoms with Gasteiger partial charge >= 0.3 is 0 Å². The van der Waals surface area contributed by atoms with Gasteiger partial charge in [-0.2, -0.15) is 0 Å². The van der Waals surface area contributed by atoms with Gasteiger partial charge in [0.1, 0.15) is 6.54 Å². The summed E-state index contributed by atoms with van der Waals surface area (Å²) in [6, 6.07) is 10.9. The fourth-order valence-electron chi connectivity index (χ4n) is 2.29. The van der Waals surface area contributed by atoms with Crippen LogP contribution in [-0.4, -0.2) is 13.1 Å². The van der Waals surface area contributed by atoms with Crippen molar-refractivity contribution in [3.63, 3.8) is 0 Å². The molecule has 1 aliphatic heterocycles. The zero-order valence-electron chi connectivity index (χ0n) is 8.84. The Bertz CT molecular complexity index is 247. The van der Waals surface area contributed by atoms with Crippen LogP contribution in [-0.2, 0) is 6.54 Å². The summed E-state index contributed by atoms with van der Waals surface area (Å²) in [5, 5.41) is 0. The summed E-state index contributed by atoms with van der Waals surface area (Å²) in [5.41, 5.74) is 1.49. The number of quaternary nitrogens is 1. The van der Waals surface area contributed by atoms with Gasteiger partial charge in [-0.25, -0.2) is 0 Å². The lowest BCUT2D eigenvalue weighted by molar-refractivity contribution is -0.913. The second-order valence-corrected chi connectivity index (χ2v) is 4.33. The highest BCUT2D eigenvalue weighted by Crippen LogP contribution is 2.01. The van der Waals surface area contributed by atoms with Crippen molar-refractivity contribution in [2.24, 2.45) is 0 Å². The lowest BCUT2D eigenvalue weighted by Crippen LogP contribution is -3.10. The zero-order chi connectivity index (χ0) is 9.64. The van der Waals surface area contributed by atoms with Gasteiger partial charge in [0, 0.05) is 5.56 Å². The minimum Gasteiger partial charge on any atom is -0.331 e. The summed E-state index contributed by atoms with van der Waals surface area (Å²) >= 11 is 0. The van der Waals surface area contributed by atoms with Crippen molar-refractivity contribution in [2.45, 2.75) is 32.2 Å². The van der Waals surface area contributed by atoms with Gasteiger partial charge in [0.15, 0.2) is 0 Å². The predicted molar refractivity (Wildman–Crippen MR) is 59.3 cm³/mol. The van der Waals surface area contributed by atoms with Gasteiger partial charge in [-0.05, 0) is 25.7 Å². The molecule has 1 heterocycles. The summed E-state index contributed by atoms with van der Waals surface area (Å²) in [7, 11) is 0. The molecule has 76 valence electrons. The first-order valence-electron chi connectivity index (χ1n) is 5.82. The number of nitrogens with one attached hydrogen (secondary N) is 1. The van der Waals surface area contributed by atoms with Crippen molar-refractivity contribution in [2.75, 3.05) is 13.1 Å². The van der Waals surface area contributed by atoms with Crippen molar-refractivity contribution in [1.82, 2.24) is 0 Å². The third-order valence-corrected chi connectivity index (χ3v) is 3.11. The van der Waals surface area contributed by atoms with E-state index in [0.29, 0.717) is 0 Å². The van der Waals surface area contributed by atoms with Crippen molar-refractivity contribution >= 4 is 0 Å². The Hall–Kier alpha value is -0.820. The van der Waals surface area contributed by atoms with Crippen molar-refractivity contribution in [1.29, 1.82) is 0 Å². The van der Waals surface area contributed by atoms with Crippen LogP contribution >= 0.6 is 0 Å². The third kappa shape index (κ3) is 2.85. The van der Waals surface area contributed by atoms with Crippen LogP contribution in [0.15, 0.2) is 30.3 Å². The van der Waals surface area contributed by atoms with Crippen LogP contribution in [0.4, 0.5) is 0 Å². The molecule has 0 atom stereocenters. The maximum absolute atomic E-state index is 2.25. The van der Waals surface area contributed by atoms with Gasteiger partial charge < -0.3 is 4.90 Å². The van der Waals surface area contributed by atoms with Crippen LogP contribution in [0.1, 0.15) is 31.2 Å². The molecule has 0 spiro atoms. The fraction of sp³-hybridized carbons (Fsp3) is 0.538. The molecule has 1 heteroatoms. The Balaban J connectivity index is 1.90. The summed E-state index contributed by atoms with van der Waals surface area (Å²) < 4.78 is 0. The molecule has 2 rings (SSSR count). The Morgan fingerprint density at radius 1 is 0.857 bits per heavy atom. The average molecular weight is 190 g/mol. The molecule has 0 aliphatic carbocycles. The first-order valence-corrected chi connectivity index (χ1v) is 5.82. The van der Waals surface area contributed by atoms with E-state index in [4.69, 9.17) is 0 Å². The van der Waals surface area contributed by atoms with Gasteiger partial charge in [0.25, 0.3) is 0 Å². The van der Waals surface area contributed by atoms with Crippen LogP contribution in [0, 0.1) is 0 Å². The number of hydrogen-bond acceptors (Lipinski definition) is 0. The Morgan fingerprint density at radius 2 is 1.50 bits per heavy atom. The van der Waals surface area contributed by atoms with E-state index in [1.165, 1.54) is 50.9 Å². The van der Waals surface area contributed by atoms with E-state index >= 15 is 0 Å². The molecule has 14 heavy (non-hydrogen) atoms. The van der Waals surface area contributed by atoms with Gasteiger partial charge in [0.05, 0.1) is 13.1 Å². The molecule has 0 amide bonds.